The van der Waals surface area contributed by atoms with Gasteiger partial charge in [-0.2, -0.15) is 0 Å². The summed E-state index contributed by atoms with van der Waals surface area (Å²) in [6.45, 7) is 4.68. The summed E-state index contributed by atoms with van der Waals surface area (Å²) in [4.78, 5) is 2.46. The maximum atomic E-state index is 6.45. The van der Waals surface area contributed by atoms with E-state index in [2.05, 4.69) is 29.4 Å². The van der Waals surface area contributed by atoms with Crippen molar-refractivity contribution in [2.75, 3.05) is 33.2 Å². The fourth-order valence-electron chi connectivity index (χ4n) is 3.83. The van der Waals surface area contributed by atoms with Crippen molar-refractivity contribution in [3.8, 4) is 0 Å². The SMILES string of the molecule is CN1CCC2(CCNCC2c2ccccc2Cl)CC1. The van der Waals surface area contributed by atoms with E-state index in [1.165, 1.54) is 37.9 Å². The number of likely N-dealkylation sites (tertiary alicyclic amines) is 1. The first-order valence-electron chi connectivity index (χ1n) is 7.35. The smallest absolute Gasteiger partial charge is 0.0441 e. The van der Waals surface area contributed by atoms with Crippen LogP contribution in [0.3, 0.4) is 0 Å². The zero-order chi connectivity index (χ0) is 13.3. The third-order valence-electron chi connectivity index (χ3n) is 5.15. The van der Waals surface area contributed by atoms with Crippen LogP contribution in [0.2, 0.25) is 5.02 Å². The highest BCUT2D eigenvalue weighted by Crippen LogP contribution is 2.49. The molecule has 2 saturated heterocycles. The summed E-state index contributed by atoms with van der Waals surface area (Å²) in [6.07, 6.45) is 3.90. The van der Waals surface area contributed by atoms with Crippen LogP contribution in [0.1, 0.15) is 30.7 Å². The van der Waals surface area contributed by atoms with Gasteiger partial charge < -0.3 is 10.2 Å². The van der Waals surface area contributed by atoms with Crippen molar-refractivity contribution < 1.29 is 0 Å². The van der Waals surface area contributed by atoms with Crippen LogP contribution in [0.25, 0.3) is 0 Å². The van der Waals surface area contributed by atoms with Crippen molar-refractivity contribution in [3.05, 3.63) is 34.9 Å². The summed E-state index contributed by atoms with van der Waals surface area (Å²) in [6, 6.07) is 8.41. The number of piperidine rings is 2. The number of rotatable bonds is 1. The van der Waals surface area contributed by atoms with Gasteiger partial charge in [0.25, 0.3) is 0 Å². The average Bonchev–Trinajstić information content (AvgIpc) is 2.44. The second-order valence-electron chi connectivity index (χ2n) is 6.19. The van der Waals surface area contributed by atoms with Crippen molar-refractivity contribution in [1.29, 1.82) is 0 Å². The van der Waals surface area contributed by atoms with E-state index in [0.717, 1.165) is 18.1 Å². The quantitative estimate of drug-likeness (QED) is 0.849. The van der Waals surface area contributed by atoms with Gasteiger partial charge in [-0.15, -0.1) is 0 Å². The van der Waals surface area contributed by atoms with Crippen LogP contribution >= 0.6 is 11.6 Å². The van der Waals surface area contributed by atoms with Gasteiger partial charge in [-0.25, -0.2) is 0 Å². The Labute approximate surface area is 121 Å². The Morgan fingerprint density at radius 1 is 1.21 bits per heavy atom. The maximum absolute atomic E-state index is 6.45. The number of nitrogens with one attached hydrogen (secondary N) is 1. The summed E-state index contributed by atoms with van der Waals surface area (Å²) in [5, 5.41) is 4.51. The molecular weight excluding hydrogens is 256 g/mol. The highest BCUT2D eigenvalue weighted by atomic mass is 35.5. The van der Waals surface area contributed by atoms with Gasteiger partial charge >= 0.3 is 0 Å². The van der Waals surface area contributed by atoms with Crippen LogP contribution in [-0.4, -0.2) is 38.1 Å². The number of hydrogen-bond donors (Lipinski definition) is 1. The predicted molar refractivity (Wildman–Crippen MR) is 80.8 cm³/mol. The van der Waals surface area contributed by atoms with E-state index < -0.39 is 0 Å². The zero-order valence-corrected chi connectivity index (χ0v) is 12.4. The molecule has 1 atom stereocenters. The minimum atomic E-state index is 0.461. The van der Waals surface area contributed by atoms with Gasteiger partial charge in [-0.05, 0) is 63.0 Å². The summed E-state index contributed by atoms with van der Waals surface area (Å²) < 4.78 is 0. The average molecular weight is 279 g/mol. The minimum Gasteiger partial charge on any atom is -0.316 e. The van der Waals surface area contributed by atoms with Crippen molar-refractivity contribution in [2.45, 2.75) is 25.2 Å². The topological polar surface area (TPSA) is 15.3 Å². The Kier molecular flexibility index (Phi) is 3.84. The van der Waals surface area contributed by atoms with Gasteiger partial charge in [0, 0.05) is 17.5 Å². The van der Waals surface area contributed by atoms with Crippen LogP contribution in [0, 0.1) is 5.41 Å². The van der Waals surface area contributed by atoms with Crippen molar-refractivity contribution in [3.63, 3.8) is 0 Å². The minimum absolute atomic E-state index is 0.461. The van der Waals surface area contributed by atoms with Crippen molar-refractivity contribution in [1.82, 2.24) is 10.2 Å². The second-order valence-corrected chi connectivity index (χ2v) is 6.60. The molecule has 1 spiro atoms. The Hall–Kier alpha value is -0.570. The Morgan fingerprint density at radius 3 is 2.68 bits per heavy atom. The zero-order valence-electron chi connectivity index (χ0n) is 11.7. The lowest BCUT2D eigenvalue weighted by molar-refractivity contribution is 0.0651. The molecule has 0 aromatic heterocycles. The number of halogens is 1. The molecule has 1 aromatic carbocycles. The number of nitrogens with zero attached hydrogens (tertiary/aromatic N) is 1. The molecule has 0 saturated carbocycles. The molecule has 0 bridgehead atoms. The third kappa shape index (κ3) is 2.54. The fourth-order valence-corrected chi connectivity index (χ4v) is 4.10. The molecule has 0 radical (unpaired) electrons. The molecule has 2 fully saturated rings. The van der Waals surface area contributed by atoms with Gasteiger partial charge in [-0.3, -0.25) is 0 Å². The molecule has 2 heterocycles. The van der Waals surface area contributed by atoms with E-state index in [1.807, 2.05) is 12.1 Å². The normalized spacial score (nSPS) is 27.6. The Balaban J connectivity index is 1.91. The summed E-state index contributed by atoms with van der Waals surface area (Å²) >= 11 is 6.45. The lowest BCUT2D eigenvalue weighted by Crippen LogP contribution is -2.49. The van der Waals surface area contributed by atoms with E-state index in [4.69, 9.17) is 11.6 Å². The molecule has 2 aliphatic heterocycles. The first-order valence-corrected chi connectivity index (χ1v) is 7.73. The van der Waals surface area contributed by atoms with Crippen LogP contribution in [-0.2, 0) is 0 Å². The molecule has 19 heavy (non-hydrogen) atoms. The fraction of sp³-hybridized carbons (Fsp3) is 0.625. The molecule has 104 valence electrons. The standard InChI is InChI=1S/C16H23ClN2/c1-19-10-7-16(8-11-19)6-9-18-12-14(16)13-4-2-3-5-15(13)17/h2-5,14,18H,6-12H2,1H3. The number of benzene rings is 1. The summed E-state index contributed by atoms with van der Waals surface area (Å²) in [5.74, 6) is 0.573. The lowest BCUT2D eigenvalue weighted by Gasteiger charge is -2.49. The van der Waals surface area contributed by atoms with Crippen molar-refractivity contribution in [2.24, 2.45) is 5.41 Å². The predicted octanol–water partition coefficient (Wildman–Crippen LogP) is 3.13. The van der Waals surface area contributed by atoms with E-state index >= 15 is 0 Å². The van der Waals surface area contributed by atoms with Gasteiger partial charge in [0.1, 0.15) is 0 Å². The molecule has 1 unspecified atom stereocenters. The van der Waals surface area contributed by atoms with E-state index in [0.29, 0.717) is 11.3 Å². The van der Waals surface area contributed by atoms with Crippen LogP contribution in [0.15, 0.2) is 24.3 Å². The maximum Gasteiger partial charge on any atom is 0.0441 e. The van der Waals surface area contributed by atoms with Crippen molar-refractivity contribution >= 4 is 11.6 Å². The van der Waals surface area contributed by atoms with Crippen LogP contribution in [0.5, 0.6) is 0 Å². The summed E-state index contributed by atoms with van der Waals surface area (Å²) in [7, 11) is 2.23. The summed E-state index contributed by atoms with van der Waals surface area (Å²) in [5.41, 5.74) is 1.81. The van der Waals surface area contributed by atoms with E-state index in [-0.39, 0.29) is 0 Å². The largest absolute Gasteiger partial charge is 0.316 e. The molecule has 2 aliphatic rings. The third-order valence-corrected chi connectivity index (χ3v) is 5.50. The van der Waals surface area contributed by atoms with Crippen LogP contribution in [0.4, 0.5) is 0 Å². The molecule has 0 amide bonds. The highest BCUT2D eigenvalue weighted by Gasteiger charge is 2.43. The molecule has 3 rings (SSSR count). The molecule has 0 aliphatic carbocycles. The first-order chi connectivity index (χ1) is 9.21. The lowest BCUT2D eigenvalue weighted by atomic mass is 9.63. The number of hydrogen-bond acceptors (Lipinski definition) is 2. The van der Waals surface area contributed by atoms with Gasteiger partial charge in [0.2, 0.25) is 0 Å². The van der Waals surface area contributed by atoms with Gasteiger partial charge in [0.05, 0.1) is 0 Å². The molecule has 1 N–H and O–H groups in total. The molecule has 1 aromatic rings. The second kappa shape index (κ2) is 5.43. The van der Waals surface area contributed by atoms with Gasteiger partial charge in [-0.1, -0.05) is 29.8 Å². The monoisotopic (exact) mass is 278 g/mol. The van der Waals surface area contributed by atoms with E-state index in [1.54, 1.807) is 0 Å². The molecular formula is C16H23ClN2. The Bertz CT molecular complexity index is 438. The molecule has 2 nitrogen and oxygen atoms in total. The Morgan fingerprint density at radius 2 is 1.95 bits per heavy atom. The first kappa shape index (κ1) is 13.4. The molecule has 3 heteroatoms. The van der Waals surface area contributed by atoms with E-state index in [9.17, 15) is 0 Å². The van der Waals surface area contributed by atoms with Crippen LogP contribution < -0.4 is 5.32 Å². The van der Waals surface area contributed by atoms with Gasteiger partial charge in [0.15, 0.2) is 0 Å². The highest BCUT2D eigenvalue weighted by molar-refractivity contribution is 6.31.